The number of amides is 2. The van der Waals surface area contributed by atoms with E-state index >= 15 is 4.39 Å². The summed E-state index contributed by atoms with van der Waals surface area (Å²) < 4.78 is 35.8. The number of anilines is 1. The lowest BCUT2D eigenvalue weighted by Crippen LogP contribution is -2.63. The summed E-state index contributed by atoms with van der Waals surface area (Å²) in [5.74, 6) is -3.53. The van der Waals surface area contributed by atoms with Crippen LogP contribution in [0.25, 0.3) is 0 Å². The second kappa shape index (κ2) is 12.0. The Balaban J connectivity index is 2.22. The lowest BCUT2D eigenvalue weighted by molar-refractivity contribution is -0.238. The summed E-state index contributed by atoms with van der Waals surface area (Å²) in [7, 11) is 0. The van der Waals surface area contributed by atoms with Crippen LogP contribution < -0.4 is 16.4 Å². The van der Waals surface area contributed by atoms with Crippen molar-refractivity contribution in [2.24, 2.45) is 5.73 Å². The predicted octanol–water partition coefficient (Wildman–Crippen LogP) is -0.197. The van der Waals surface area contributed by atoms with E-state index in [1.165, 1.54) is 24.3 Å². The van der Waals surface area contributed by atoms with E-state index < -0.39 is 67.0 Å². The van der Waals surface area contributed by atoms with Crippen molar-refractivity contribution in [2.45, 2.75) is 51.5 Å². The number of alkyl halides is 1. The summed E-state index contributed by atoms with van der Waals surface area (Å²) in [6, 6.07) is 5.64. The van der Waals surface area contributed by atoms with Crippen molar-refractivity contribution in [2.75, 3.05) is 18.5 Å². The Labute approximate surface area is 194 Å². The summed E-state index contributed by atoms with van der Waals surface area (Å²) in [5.41, 5.74) is 5.72. The molecular formula is C21H26FN3O9. The highest BCUT2D eigenvalue weighted by atomic mass is 19.1. The molecule has 1 heterocycles. The van der Waals surface area contributed by atoms with Crippen molar-refractivity contribution in [3.05, 3.63) is 29.8 Å². The molecule has 0 aliphatic carbocycles. The van der Waals surface area contributed by atoms with Crippen LogP contribution in [0.5, 0.6) is 0 Å². The Hall–Kier alpha value is -3.58. The fourth-order valence-electron chi connectivity index (χ4n) is 3.14. The molecule has 0 spiro atoms. The average Bonchev–Trinajstić information content (AvgIpc) is 2.76. The number of hydrogen-bond acceptors (Lipinski definition) is 10. The van der Waals surface area contributed by atoms with Gasteiger partial charge in [-0.1, -0.05) is 0 Å². The van der Waals surface area contributed by atoms with Gasteiger partial charge in [-0.15, -0.1) is 0 Å². The molecule has 34 heavy (non-hydrogen) atoms. The number of esters is 3. The van der Waals surface area contributed by atoms with Crippen molar-refractivity contribution in [1.29, 1.82) is 0 Å². The van der Waals surface area contributed by atoms with E-state index in [9.17, 15) is 24.0 Å². The van der Waals surface area contributed by atoms with Crippen LogP contribution in [0.3, 0.4) is 0 Å². The molecule has 5 atom stereocenters. The largest absolute Gasteiger partial charge is 0.463 e. The number of benzene rings is 1. The van der Waals surface area contributed by atoms with Crippen LogP contribution in [0.15, 0.2) is 24.3 Å². The third-order valence-corrected chi connectivity index (χ3v) is 4.56. The normalized spacial score (nSPS) is 23.9. The number of rotatable bonds is 8. The highest BCUT2D eigenvalue weighted by Crippen LogP contribution is 2.28. The predicted molar refractivity (Wildman–Crippen MR) is 113 cm³/mol. The van der Waals surface area contributed by atoms with Crippen LogP contribution in [0.1, 0.15) is 31.1 Å². The lowest BCUT2D eigenvalue weighted by Gasteiger charge is -2.42. The molecule has 1 saturated heterocycles. The van der Waals surface area contributed by atoms with Crippen LogP contribution in [-0.4, -0.2) is 73.6 Å². The Morgan fingerprint density at radius 3 is 2.09 bits per heavy atom. The van der Waals surface area contributed by atoms with Crippen LogP contribution in [0.4, 0.5) is 10.1 Å². The molecule has 12 nitrogen and oxygen atoms in total. The zero-order valence-electron chi connectivity index (χ0n) is 18.7. The quantitative estimate of drug-likeness (QED) is 0.332. The molecule has 0 unspecified atom stereocenters. The maximum absolute atomic E-state index is 15.3. The van der Waals surface area contributed by atoms with E-state index in [2.05, 4.69) is 10.6 Å². The standard InChI is InChI=1S/C21H26FN3O9/c1-10(26)31-9-15-18(32-11(2)27)19(33-12(3)28)17(22)21(34-15)25-20(30)13-4-6-14(7-5-13)24-16(29)8-23/h4-7,15,17-19,21H,8-9,23H2,1-3H3,(H,24,29)(H,25,30)/t15-,17-,18-,19-,21-/m1/s1. The maximum atomic E-state index is 15.3. The summed E-state index contributed by atoms with van der Waals surface area (Å²) in [4.78, 5) is 58.4. The highest BCUT2D eigenvalue weighted by Gasteiger charge is 2.51. The molecule has 1 aromatic rings. The summed E-state index contributed by atoms with van der Waals surface area (Å²) >= 11 is 0. The first-order valence-electron chi connectivity index (χ1n) is 10.2. The molecule has 0 radical (unpaired) electrons. The SMILES string of the molecule is CC(=O)OC[C@H]1O[C@@H](NC(=O)c2ccc(NC(=O)CN)cc2)[C@H](F)[C@@H](OC(C)=O)[C@@H]1OC(C)=O. The molecule has 2 rings (SSSR count). The first-order valence-corrected chi connectivity index (χ1v) is 10.2. The van der Waals surface area contributed by atoms with Gasteiger partial charge in [0.05, 0.1) is 6.54 Å². The molecule has 0 bridgehead atoms. The fraction of sp³-hybridized carbons (Fsp3) is 0.476. The molecular weight excluding hydrogens is 457 g/mol. The van der Waals surface area contributed by atoms with Crippen LogP contribution in [0.2, 0.25) is 0 Å². The maximum Gasteiger partial charge on any atom is 0.303 e. The Morgan fingerprint density at radius 1 is 0.971 bits per heavy atom. The molecule has 1 fully saturated rings. The number of carbonyl (C=O) groups is 5. The van der Waals surface area contributed by atoms with Crippen molar-refractivity contribution in [3.8, 4) is 0 Å². The third-order valence-electron chi connectivity index (χ3n) is 4.56. The number of nitrogens with two attached hydrogens (primary N) is 1. The van der Waals surface area contributed by atoms with E-state index in [4.69, 9.17) is 24.7 Å². The van der Waals surface area contributed by atoms with Gasteiger partial charge in [-0.05, 0) is 24.3 Å². The van der Waals surface area contributed by atoms with Crippen molar-refractivity contribution < 1.29 is 47.3 Å². The highest BCUT2D eigenvalue weighted by molar-refractivity contribution is 5.96. The van der Waals surface area contributed by atoms with Gasteiger partial charge < -0.3 is 35.3 Å². The Bertz CT molecular complexity index is 925. The minimum atomic E-state index is -2.13. The topological polar surface area (TPSA) is 172 Å². The monoisotopic (exact) mass is 483 g/mol. The molecule has 186 valence electrons. The third kappa shape index (κ3) is 7.49. The number of hydrogen-bond donors (Lipinski definition) is 3. The zero-order valence-corrected chi connectivity index (χ0v) is 18.7. The van der Waals surface area contributed by atoms with Gasteiger partial charge in [0.15, 0.2) is 24.6 Å². The van der Waals surface area contributed by atoms with E-state index in [1.807, 2.05) is 0 Å². The van der Waals surface area contributed by atoms with Gasteiger partial charge in [0.25, 0.3) is 5.91 Å². The summed E-state index contributed by atoms with van der Waals surface area (Å²) in [5, 5.41) is 4.84. The van der Waals surface area contributed by atoms with Gasteiger partial charge in [-0.3, -0.25) is 24.0 Å². The van der Waals surface area contributed by atoms with Crippen molar-refractivity contribution >= 4 is 35.4 Å². The van der Waals surface area contributed by atoms with Crippen LogP contribution in [0, 0.1) is 0 Å². The molecule has 4 N–H and O–H groups in total. The number of halogens is 1. The van der Waals surface area contributed by atoms with Gasteiger partial charge in [0.1, 0.15) is 12.7 Å². The molecule has 1 aromatic carbocycles. The second-order valence-electron chi connectivity index (χ2n) is 7.29. The van der Waals surface area contributed by atoms with Gasteiger partial charge in [-0.25, -0.2) is 4.39 Å². The smallest absolute Gasteiger partial charge is 0.303 e. The second-order valence-corrected chi connectivity index (χ2v) is 7.29. The fourth-order valence-corrected chi connectivity index (χ4v) is 3.14. The summed E-state index contributed by atoms with van der Waals surface area (Å²) in [6.07, 6.45) is -8.10. The lowest BCUT2D eigenvalue weighted by atomic mass is 9.98. The van der Waals surface area contributed by atoms with Crippen molar-refractivity contribution in [1.82, 2.24) is 5.32 Å². The first kappa shape index (κ1) is 26.7. The Kier molecular flexibility index (Phi) is 9.45. The molecule has 0 aromatic heterocycles. The van der Waals surface area contributed by atoms with Gasteiger partial charge in [0, 0.05) is 32.0 Å². The van der Waals surface area contributed by atoms with Crippen LogP contribution in [-0.2, 0) is 38.1 Å². The van der Waals surface area contributed by atoms with E-state index in [-0.39, 0.29) is 12.1 Å². The average molecular weight is 483 g/mol. The summed E-state index contributed by atoms with van der Waals surface area (Å²) in [6.45, 7) is 2.55. The minimum absolute atomic E-state index is 0.101. The zero-order chi connectivity index (χ0) is 25.4. The molecule has 13 heteroatoms. The van der Waals surface area contributed by atoms with Crippen LogP contribution >= 0.6 is 0 Å². The van der Waals surface area contributed by atoms with Crippen molar-refractivity contribution in [3.63, 3.8) is 0 Å². The first-order chi connectivity index (χ1) is 16.0. The number of nitrogens with one attached hydrogen (secondary N) is 2. The Morgan fingerprint density at radius 2 is 1.56 bits per heavy atom. The van der Waals surface area contributed by atoms with E-state index in [0.717, 1.165) is 20.8 Å². The molecule has 0 saturated carbocycles. The molecule has 1 aliphatic rings. The molecule has 1 aliphatic heterocycles. The van der Waals surface area contributed by atoms with Gasteiger partial charge in [0.2, 0.25) is 5.91 Å². The van der Waals surface area contributed by atoms with Gasteiger partial charge in [-0.2, -0.15) is 0 Å². The number of carbonyl (C=O) groups excluding carboxylic acids is 5. The van der Waals surface area contributed by atoms with E-state index in [0.29, 0.717) is 5.69 Å². The number of ether oxygens (including phenoxy) is 4. The van der Waals surface area contributed by atoms with E-state index in [1.54, 1.807) is 0 Å². The van der Waals surface area contributed by atoms with Gasteiger partial charge >= 0.3 is 17.9 Å². The minimum Gasteiger partial charge on any atom is -0.463 e. The molecule has 2 amide bonds.